The zero-order valence-electron chi connectivity index (χ0n) is 7.62. The Bertz CT molecular complexity index is 242. The summed E-state index contributed by atoms with van der Waals surface area (Å²) < 4.78 is 0. The van der Waals surface area contributed by atoms with E-state index in [1.165, 1.54) is 12.8 Å². The van der Waals surface area contributed by atoms with E-state index in [4.69, 9.17) is 6.42 Å². The molecule has 0 aromatic heterocycles. The van der Waals surface area contributed by atoms with Gasteiger partial charge in [-0.25, -0.2) is 0 Å². The van der Waals surface area contributed by atoms with Crippen molar-refractivity contribution in [2.75, 3.05) is 19.6 Å². The number of nitrogens with zero attached hydrogens (tertiary/aromatic N) is 1. The van der Waals surface area contributed by atoms with Gasteiger partial charge in [0.2, 0.25) is 0 Å². The molecule has 2 atom stereocenters. The molecule has 2 aliphatic rings. The first kappa shape index (κ1) is 8.58. The van der Waals surface area contributed by atoms with Crippen molar-refractivity contribution in [2.45, 2.75) is 18.9 Å². The lowest BCUT2D eigenvalue weighted by Crippen LogP contribution is -2.40. The van der Waals surface area contributed by atoms with E-state index in [0.717, 1.165) is 19.6 Å². The molecule has 0 aliphatic carbocycles. The highest BCUT2D eigenvalue weighted by Gasteiger charge is 2.35. The van der Waals surface area contributed by atoms with Gasteiger partial charge in [-0.1, -0.05) is 0 Å². The normalized spacial score (nSPS) is 32.4. The monoisotopic (exact) mass is 178 g/mol. The first-order chi connectivity index (χ1) is 6.31. The number of carbonyl (C=O) groups is 1. The molecule has 0 unspecified atom stereocenters. The van der Waals surface area contributed by atoms with Crippen molar-refractivity contribution in [1.29, 1.82) is 0 Å². The maximum atomic E-state index is 11.2. The largest absolute Gasteiger partial charge is 0.330 e. The minimum atomic E-state index is -0.156. The van der Waals surface area contributed by atoms with E-state index < -0.39 is 0 Å². The predicted octanol–water partition coefficient (Wildman–Crippen LogP) is -0.170. The number of terminal acetylenes is 1. The number of hydrogen-bond acceptors (Lipinski definition) is 2. The molecule has 2 saturated heterocycles. The lowest BCUT2D eigenvalue weighted by molar-refractivity contribution is -0.124. The topological polar surface area (TPSA) is 32.3 Å². The van der Waals surface area contributed by atoms with Gasteiger partial charge in [0.05, 0.1) is 0 Å². The van der Waals surface area contributed by atoms with Gasteiger partial charge in [0.1, 0.15) is 0 Å². The zero-order valence-corrected chi connectivity index (χ0v) is 7.62. The molecule has 2 heterocycles. The summed E-state index contributed by atoms with van der Waals surface area (Å²) in [5.41, 5.74) is 0. The Hall–Kier alpha value is -1.01. The highest BCUT2D eigenvalue weighted by molar-refractivity contribution is 5.93. The van der Waals surface area contributed by atoms with Gasteiger partial charge in [0.25, 0.3) is 5.91 Å². The third-order valence-electron chi connectivity index (χ3n) is 3.01. The molecule has 0 spiro atoms. The number of rotatable bonds is 0. The molecule has 0 bridgehead atoms. The number of piperidine rings is 1. The molecule has 70 valence electrons. The summed E-state index contributed by atoms with van der Waals surface area (Å²) in [5.74, 6) is 2.65. The fraction of sp³-hybridized carbons (Fsp3) is 0.700. The Labute approximate surface area is 78.5 Å². The van der Waals surface area contributed by atoms with Crippen molar-refractivity contribution in [3.8, 4) is 12.3 Å². The molecule has 3 nitrogen and oxygen atoms in total. The van der Waals surface area contributed by atoms with Crippen LogP contribution in [0.15, 0.2) is 0 Å². The highest BCUT2D eigenvalue weighted by atomic mass is 16.2. The smallest absolute Gasteiger partial charge is 0.298 e. The van der Waals surface area contributed by atoms with E-state index in [1.54, 1.807) is 4.90 Å². The molecular formula is C10H14N2O. The standard InChI is InChI=1S/C10H14N2O/c1-2-10(13)12-6-8-4-3-5-11-9(8)7-12/h1,8-9,11H,3-7H2/t8-,9+/m0/s1. The predicted molar refractivity (Wildman–Crippen MR) is 49.9 cm³/mol. The van der Waals surface area contributed by atoms with Crippen molar-refractivity contribution in [3.05, 3.63) is 0 Å². The number of likely N-dealkylation sites (tertiary alicyclic amines) is 1. The van der Waals surface area contributed by atoms with Crippen LogP contribution < -0.4 is 5.32 Å². The van der Waals surface area contributed by atoms with Crippen molar-refractivity contribution in [1.82, 2.24) is 10.2 Å². The fourth-order valence-corrected chi connectivity index (χ4v) is 2.30. The average Bonchev–Trinajstić information content (AvgIpc) is 2.59. The van der Waals surface area contributed by atoms with Gasteiger partial charge in [0.15, 0.2) is 0 Å². The van der Waals surface area contributed by atoms with Crippen LogP contribution in [0.2, 0.25) is 0 Å². The van der Waals surface area contributed by atoms with E-state index in [9.17, 15) is 4.79 Å². The second-order valence-electron chi connectivity index (χ2n) is 3.82. The van der Waals surface area contributed by atoms with Crippen molar-refractivity contribution < 1.29 is 4.79 Å². The number of nitrogens with one attached hydrogen (secondary N) is 1. The van der Waals surface area contributed by atoms with Gasteiger partial charge < -0.3 is 10.2 Å². The molecule has 3 heteroatoms. The number of carbonyl (C=O) groups excluding carboxylic acids is 1. The SMILES string of the molecule is C#CC(=O)N1C[C@@H]2CCCN[C@@H]2C1. The molecule has 1 N–H and O–H groups in total. The van der Waals surface area contributed by atoms with E-state index >= 15 is 0 Å². The molecule has 0 aromatic carbocycles. The molecule has 0 radical (unpaired) electrons. The second kappa shape index (κ2) is 3.39. The van der Waals surface area contributed by atoms with Gasteiger partial charge >= 0.3 is 0 Å². The summed E-state index contributed by atoms with van der Waals surface area (Å²) in [7, 11) is 0. The molecule has 1 amide bonds. The van der Waals surface area contributed by atoms with Crippen LogP contribution in [0.1, 0.15) is 12.8 Å². The number of fused-ring (bicyclic) bond motifs is 1. The first-order valence-electron chi connectivity index (χ1n) is 4.80. The van der Waals surface area contributed by atoms with Crippen LogP contribution in [-0.2, 0) is 4.79 Å². The molecule has 2 fully saturated rings. The van der Waals surface area contributed by atoms with Crippen molar-refractivity contribution in [3.63, 3.8) is 0 Å². The van der Waals surface area contributed by atoms with Gasteiger partial charge in [-0.3, -0.25) is 4.79 Å². The summed E-state index contributed by atoms with van der Waals surface area (Å²) >= 11 is 0. The minimum Gasteiger partial charge on any atom is -0.330 e. The van der Waals surface area contributed by atoms with Gasteiger partial charge in [0, 0.05) is 19.1 Å². The van der Waals surface area contributed by atoms with E-state index in [1.807, 2.05) is 0 Å². The van der Waals surface area contributed by atoms with Crippen LogP contribution in [0.3, 0.4) is 0 Å². The molecular weight excluding hydrogens is 164 g/mol. The molecule has 13 heavy (non-hydrogen) atoms. The fourth-order valence-electron chi connectivity index (χ4n) is 2.30. The molecule has 2 rings (SSSR count). The minimum absolute atomic E-state index is 0.156. The number of amides is 1. The summed E-state index contributed by atoms with van der Waals surface area (Å²) in [4.78, 5) is 13.0. The summed E-state index contributed by atoms with van der Waals surface area (Å²) in [6.07, 6.45) is 7.53. The lowest BCUT2D eigenvalue weighted by Gasteiger charge is -2.24. The second-order valence-corrected chi connectivity index (χ2v) is 3.82. The average molecular weight is 178 g/mol. The third-order valence-corrected chi connectivity index (χ3v) is 3.01. The van der Waals surface area contributed by atoms with Crippen LogP contribution in [-0.4, -0.2) is 36.5 Å². The Morgan fingerprint density at radius 3 is 3.08 bits per heavy atom. The maximum absolute atomic E-state index is 11.2. The summed E-state index contributed by atoms with van der Waals surface area (Å²) in [6.45, 7) is 2.73. The lowest BCUT2D eigenvalue weighted by atomic mass is 9.94. The zero-order chi connectivity index (χ0) is 9.26. The maximum Gasteiger partial charge on any atom is 0.298 e. The van der Waals surface area contributed by atoms with Crippen molar-refractivity contribution >= 4 is 5.91 Å². The first-order valence-corrected chi connectivity index (χ1v) is 4.80. The van der Waals surface area contributed by atoms with E-state index in [2.05, 4.69) is 11.2 Å². The van der Waals surface area contributed by atoms with Crippen LogP contribution in [0.25, 0.3) is 0 Å². The Morgan fingerprint density at radius 2 is 2.38 bits per heavy atom. The molecule has 2 aliphatic heterocycles. The highest BCUT2D eigenvalue weighted by Crippen LogP contribution is 2.24. The van der Waals surface area contributed by atoms with Crippen molar-refractivity contribution in [2.24, 2.45) is 5.92 Å². The molecule has 0 saturated carbocycles. The van der Waals surface area contributed by atoms with Crippen LogP contribution in [0, 0.1) is 18.3 Å². The quantitative estimate of drug-likeness (QED) is 0.522. The van der Waals surface area contributed by atoms with Crippen LogP contribution in [0.5, 0.6) is 0 Å². The Morgan fingerprint density at radius 1 is 1.54 bits per heavy atom. The van der Waals surface area contributed by atoms with Crippen LogP contribution >= 0.6 is 0 Å². The number of hydrogen-bond donors (Lipinski definition) is 1. The van der Waals surface area contributed by atoms with E-state index in [0.29, 0.717) is 12.0 Å². The van der Waals surface area contributed by atoms with Crippen LogP contribution in [0.4, 0.5) is 0 Å². The van der Waals surface area contributed by atoms with Gasteiger partial charge in [-0.05, 0) is 31.2 Å². The van der Waals surface area contributed by atoms with Gasteiger partial charge in [-0.2, -0.15) is 0 Å². The Kier molecular flexibility index (Phi) is 2.24. The molecule has 0 aromatic rings. The summed E-state index contributed by atoms with van der Waals surface area (Å²) in [5, 5.41) is 3.43. The third kappa shape index (κ3) is 1.54. The van der Waals surface area contributed by atoms with Gasteiger partial charge in [-0.15, -0.1) is 6.42 Å². The van der Waals surface area contributed by atoms with E-state index in [-0.39, 0.29) is 5.91 Å². The Balaban J connectivity index is 1.99. The summed E-state index contributed by atoms with van der Waals surface area (Å²) in [6, 6.07) is 0.492.